The van der Waals surface area contributed by atoms with Crippen LogP contribution in [-0.2, 0) is 0 Å². The highest BCUT2D eigenvalue weighted by atomic mass is 19.4. The summed E-state index contributed by atoms with van der Waals surface area (Å²) in [5.41, 5.74) is 0.515. The number of pyridine rings is 1. The van der Waals surface area contributed by atoms with E-state index in [1.54, 1.807) is 6.07 Å². The Balaban J connectivity index is 1.66. The molecule has 2 aliphatic carbocycles. The van der Waals surface area contributed by atoms with E-state index in [4.69, 9.17) is 0 Å². The van der Waals surface area contributed by atoms with E-state index in [1.807, 2.05) is 0 Å². The summed E-state index contributed by atoms with van der Waals surface area (Å²) < 4.78 is 39.1. The Kier molecular flexibility index (Phi) is 1.96. The zero-order chi connectivity index (χ0) is 14.1. The fourth-order valence-electron chi connectivity index (χ4n) is 2.78. The van der Waals surface area contributed by atoms with Crippen molar-refractivity contribution in [3.05, 3.63) is 17.8 Å². The summed E-state index contributed by atoms with van der Waals surface area (Å²) in [6, 6.07) is 1.72. The molecule has 7 heteroatoms. The lowest BCUT2D eigenvalue weighted by molar-refractivity contribution is -0.215. The molecule has 1 amide bonds. The predicted molar refractivity (Wildman–Crippen MR) is 65.2 cm³/mol. The number of aromatic amines is 1. The molecular formula is C13H10F3N3O. The summed E-state index contributed by atoms with van der Waals surface area (Å²) in [5.74, 6) is -0.682. The van der Waals surface area contributed by atoms with Crippen LogP contribution in [0.2, 0.25) is 0 Å². The van der Waals surface area contributed by atoms with Gasteiger partial charge in [-0.15, -0.1) is 0 Å². The number of alkyl halides is 3. The normalized spacial score (nSPS) is 18.8. The van der Waals surface area contributed by atoms with Crippen molar-refractivity contribution in [2.24, 2.45) is 0 Å². The minimum atomic E-state index is -4.41. The van der Waals surface area contributed by atoms with Crippen LogP contribution in [0.15, 0.2) is 12.3 Å². The molecule has 1 aromatic rings. The van der Waals surface area contributed by atoms with Crippen LogP contribution >= 0.6 is 0 Å². The van der Waals surface area contributed by atoms with Crippen LogP contribution in [0.4, 0.5) is 13.2 Å². The van der Waals surface area contributed by atoms with Crippen LogP contribution < -0.4 is 5.32 Å². The summed E-state index contributed by atoms with van der Waals surface area (Å²) in [6.07, 6.45) is -2.60. The minimum Gasteiger partial charge on any atom is -0.359 e. The molecule has 0 radical (unpaired) electrons. The number of H-pyrrole nitrogens is 1. The van der Waals surface area contributed by atoms with Crippen molar-refractivity contribution in [2.45, 2.75) is 31.0 Å². The Labute approximate surface area is 111 Å². The highest BCUT2D eigenvalue weighted by molar-refractivity contribution is 6.13. The molecule has 104 valence electrons. The van der Waals surface area contributed by atoms with Crippen molar-refractivity contribution in [1.29, 1.82) is 0 Å². The third-order valence-electron chi connectivity index (χ3n) is 4.21. The second kappa shape index (κ2) is 3.34. The average molecular weight is 281 g/mol. The van der Waals surface area contributed by atoms with Crippen molar-refractivity contribution >= 4 is 16.8 Å². The summed E-state index contributed by atoms with van der Waals surface area (Å²) in [6.45, 7) is 0. The predicted octanol–water partition coefficient (Wildman–Crippen LogP) is 2.76. The quantitative estimate of drug-likeness (QED) is 0.758. The van der Waals surface area contributed by atoms with Crippen molar-refractivity contribution in [1.82, 2.24) is 15.3 Å². The number of halogens is 3. The molecule has 2 heterocycles. The van der Waals surface area contributed by atoms with E-state index in [9.17, 15) is 18.0 Å². The number of amides is 1. The van der Waals surface area contributed by atoms with Gasteiger partial charge in [0.05, 0.1) is 16.8 Å². The Morgan fingerprint density at radius 3 is 2.75 bits per heavy atom. The van der Waals surface area contributed by atoms with Crippen molar-refractivity contribution in [2.75, 3.05) is 0 Å². The average Bonchev–Trinajstić information content (AvgIpc) is 2.79. The Bertz CT molecular complexity index is 743. The zero-order valence-electron chi connectivity index (χ0n) is 10.3. The number of hydrogen-bond acceptors (Lipinski definition) is 2. The molecule has 1 aliphatic heterocycles. The van der Waals surface area contributed by atoms with Gasteiger partial charge in [-0.2, -0.15) is 13.2 Å². The van der Waals surface area contributed by atoms with E-state index in [-0.39, 0.29) is 18.4 Å². The Morgan fingerprint density at radius 2 is 2.15 bits per heavy atom. The van der Waals surface area contributed by atoms with Gasteiger partial charge >= 0.3 is 6.18 Å². The number of aromatic nitrogens is 2. The van der Waals surface area contributed by atoms with Gasteiger partial charge < -0.3 is 10.3 Å². The number of nitrogens with zero attached hydrogens (tertiary/aromatic N) is 1. The summed E-state index contributed by atoms with van der Waals surface area (Å²) in [4.78, 5) is 19.1. The van der Waals surface area contributed by atoms with E-state index < -0.39 is 17.6 Å². The van der Waals surface area contributed by atoms with Crippen LogP contribution in [0.3, 0.4) is 0 Å². The zero-order valence-corrected chi connectivity index (χ0v) is 10.3. The van der Waals surface area contributed by atoms with E-state index in [1.165, 1.54) is 6.20 Å². The monoisotopic (exact) mass is 281 g/mol. The van der Waals surface area contributed by atoms with Crippen molar-refractivity contribution in [3.8, 4) is 11.4 Å². The van der Waals surface area contributed by atoms with E-state index in [2.05, 4.69) is 15.3 Å². The molecule has 0 saturated heterocycles. The number of fused-ring (bicyclic) bond motifs is 3. The standard InChI is InChI=1S/C13H10F3N3O/c14-13(15,16)12(2-1-3-12)19-11(20)7-5-17-9-6(7)4-8-10(9)18-8/h4-5,17H,1-3H2,(H,19,20). The summed E-state index contributed by atoms with van der Waals surface area (Å²) >= 11 is 0. The van der Waals surface area contributed by atoms with Crippen molar-refractivity contribution < 1.29 is 18.0 Å². The smallest absolute Gasteiger partial charge is 0.359 e. The molecule has 0 atom stereocenters. The molecule has 1 aromatic heterocycles. The molecule has 3 aliphatic rings. The Morgan fingerprint density at radius 1 is 1.40 bits per heavy atom. The minimum absolute atomic E-state index is 0.0529. The van der Waals surface area contributed by atoms with Gasteiger partial charge in [-0.1, -0.05) is 0 Å². The number of carbonyl (C=O) groups is 1. The number of rotatable bonds is 2. The second-order valence-electron chi connectivity index (χ2n) is 5.37. The third kappa shape index (κ3) is 1.37. The SMILES string of the molecule is O=C(NC1(C(F)(F)F)CCC1)c1c[nH]c2c3nc-3cc12. The lowest BCUT2D eigenvalue weighted by atomic mass is 9.76. The van der Waals surface area contributed by atoms with Gasteiger partial charge in [0.25, 0.3) is 5.91 Å². The fourth-order valence-corrected chi connectivity index (χ4v) is 2.78. The van der Waals surface area contributed by atoms with Crippen LogP contribution in [0, 0.1) is 0 Å². The van der Waals surface area contributed by atoms with Gasteiger partial charge in [-0.3, -0.25) is 4.79 Å². The fraction of sp³-hybridized carbons (Fsp3) is 0.385. The maximum atomic E-state index is 13.0. The topological polar surface area (TPSA) is 57.8 Å². The maximum absolute atomic E-state index is 13.0. The molecule has 4 rings (SSSR count). The molecule has 1 fully saturated rings. The molecule has 4 nitrogen and oxygen atoms in total. The third-order valence-corrected chi connectivity index (χ3v) is 4.21. The molecule has 0 spiro atoms. The highest BCUT2D eigenvalue weighted by Gasteiger charge is 2.59. The Hall–Kier alpha value is -2.05. The lowest BCUT2D eigenvalue weighted by Gasteiger charge is -2.43. The first-order valence-corrected chi connectivity index (χ1v) is 6.33. The maximum Gasteiger partial charge on any atom is 0.411 e. The number of nitrogens with one attached hydrogen (secondary N) is 2. The van der Waals surface area contributed by atoms with Gasteiger partial charge in [0.2, 0.25) is 0 Å². The lowest BCUT2D eigenvalue weighted by Crippen LogP contribution is -2.63. The number of carbonyl (C=O) groups excluding carboxylic acids is 1. The van der Waals surface area contributed by atoms with Gasteiger partial charge in [-0.05, 0) is 25.3 Å². The van der Waals surface area contributed by atoms with Gasteiger partial charge in [0.15, 0.2) is 0 Å². The van der Waals surface area contributed by atoms with Crippen LogP contribution in [-0.4, -0.2) is 27.6 Å². The molecular weight excluding hydrogens is 271 g/mol. The molecule has 0 aromatic carbocycles. The number of hydrogen-bond donors (Lipinski definition) is 2. The first kappa shape index (κ1) is 11.7. The molecule has 20 heavy (non-hydrogen) atoms. The molecule has 0 unspecified atom stereocenters. The van der Waals surface area contributed by atoms with E-state index in [0.717, 1.165) is 16.9 Å². The van der Waals surface area contributed by atoms with Crippen LogP contribution in [0.5, 0.6) is 0 Å². The van der Waals surface area contributed by atoms with Crippen molar-refractivity contribution in [3.63, 3.8) is 0 Å². The van der Waals surface area contributed by atoms with Crippen LogP contribution in [0.25, 0.3) is 22.3 Å². The van der Waals surface area contributed by atoms with Crippen LogP contribution in [0.1, 0.15) is 29.6 Å². The van der Waals surface area contributed by atoms with E-state index >= 15 is 0 Å². The summed E-state index contributed by atoms with van der Waals surface area (Å²) in [5, 5.41) is 2.82. The van der Waals surface area contributed by atoms with E-state index in [0.29, 0.717) is 11.8 Å². The van der Waals surface area contributed by atoms with Gasteiger partial charge in [0, 0.05) is 11.6 Å². The highest BCUT2D eigenvalue weighted by Crippen LogP contribution is 2.45. The molecule has 2 N–H and O–H groups in total. The second-order valence-corrected chi connectivity index (χ2v) is 5.37. The van der Waals surface area contributed by atoms with Gasteiger partial charge in [-0.25, -0.2) is 4.98 Å². The first-order valence-electron chi connectivity index (χ1n) is 6.33. The van der Waals surface area contributed by atoms with Gasteiger partial charge in [0.1, 0.15) is 11.2 Å². The first-order chi connectivity index (χ1) is 9.41. The largest absolute Gasteiger partial charge is 0.411 e. The molecule has 0 bridgehead atoms. The summed E-state index contributed by atoms with van der Waals surface area (Å²) in [7, 11) is 0. The molecule has 1 saturated carbocycles.